The van der Waals surface area contributed by atoms with Gasteiger partial charge in [0.25, 0.3) is 5.56 Å². The Morgan fingerprint density at radius 1 is 1.32 bits per heavy atom. The fourth-order valence-electron chi connectivity index (χ4n) is 5.92. The highest BCUT2D eigenvalue weighted by Crippen LogP contribution is 2.45. The molecule has 3 aromatic rings. The van der Waals surface area contributed by atoms with Crippen LogP contribution in [0.15, 0.2) is 29.3 Å². The minimum atomic E-state index is -1.91. The van der Waals surface area contributed by atoms with Crippen LogP contribution in [0, 0.1) is 12.7 Å². The molecule has 37 heavy (non-hydrogen) atoms. The van der Waals surface area contributed by atoms with Gasteiger partial charge >= 0.3 is 5.97 Å². The number of nitrogens with zero attached hydrogens (tertiary/aromatic N) is 2. The lowest BCUT2D eigenvalue weighted by molar-refractivity contribution is -0.172. The SMILES string of the molecule is C=C(N)NC1CCc2c(C)c(F)cc3nc4c(c1c23)Cn1c-4cc2c(c1=O)COC(=O)C2(O)CC.CC. The predicted molar refractivity (Wildman–Crippen MR) is 138 cm³/mol. The summed E-state index contributed by atoms with van der Waals surface area (Å²) in [5.74, 6) is -0.781. The zero-order chi connectivity index (χ0) is 26.8. The summed E-state index contributed by atoms with van der Waals surface area (Å²) in [6.45, 7) is 11.3. The van der Waals surface area contributed by atoms with Crippen molar-refractivity contribution in [3.63, 3.8) is 0 Å². The van der Waals surface area contributed by atoms with Crippen LogP contribution in [-0.4, -0.2) is 20.6 Å². The molecule has 1 aromatic carbocycles. The lowest BCUT2D eigenvalue weighted by Gasteiger charge is -2.31. The van der Waals surface area contributed by atoms with Crippen LogP contribution in [0.2, 0.25) is 0 Å². The molecule has 9 heteroatoms. The molecule has 4 N–H and O–H groups in total. The Balaban J connectivity index is 0.00000137. The number of ether oxygens (including phenoxy) is 1. The zero-order valence-corrected chi connectivity index (χ0v) is 21.5. The van der Waals surface area contributed by atoms with Crippen LogP contribution in [-0.2, 0) is 34.7 Å². The van der Waals surface area contributed by atoms with Crippen molar-refractivity contribution in [1.82, 2.24) is 14.9 Å². The molecule has 194 valence electrons. The Labute approximate surface area is 214 Å². The molecule has 2 aliphatic heterocycles. The number of halogens is 1. The third kappa shape index (κ3) is 3.40. The van der Waals surface area contributed by atoms with Gasteiger partial charge in [0.15, 0.2) is 5.60 Å². The highest BCUT2D eigenvalue weighted by atomic mass is 19.1. The van der Waals surface area contributed by atoms with E-state index in [1.165, 1.54) is 6.07 Å². The number of benzene rings is 1. The fourth-order valence-corrected chi connectivity index (χ4v) is 5.92. The van der Waals surface area contributed by atoms with Crippen LogP contribution in [0.4, 0.5) is 4.39 Å². The number of aryl methyl sites for hydroxylation is 1. The number of esters is 1. The molecule has 2 aromatic heterocycles. The standard InChI is InChI=1S/C26H25FN4O4.C2H6/c1-4-26(34)16-7-20-23-14(9-31(20)24(32)15(16)10-35-25(26)33)22-18(29-12(3)28)6-5-13-11(2)17(27)8-19(30-23)21(13)22;1-2/h7-8,18,29,34H,3-6,9-10,28H2,1-2H3;1-2H3. The molecule has 0 bridgehead atoms. The summed E-state index contributed by atoms with van der Waals surface area (Å²) in [5, 5.41) is 15.2. The van der Waals surface area contributed by atoms with Crippen LogP contribution >= 0.6 is 0 Å². The van der Waals surface area contributed by atoms with Gasteiger partial charge in [-0.25, -0.2) is 14.2 Å². The summed E-state index contributed by atoms with van der Waals surface area (Å²) >= 11 is 0. The second kappa shape index (κ2) is 8.69. The van der Waals surface area contributed by atoms with E-state index in [0.717, 1.165) is 22.1 Å². The molecule has 3 aliphatic rings. The second-order valence-electron chi connectivity index (χ2n) is 9.57. The summed E-state index contributed by atoms with van der Waals surface area (Å²) in [7, 11) is 0. The molecule has 0 spiro atoms. The van der Waals surface area contributed by atoms with E-state index in [9.17, 15) is 19.1 Å². The van der Waals surface area contributed by atoms with E-state index in [4.69, 9.17) is 15.5 Å². The summed E-state index contributed by atoms with van der Waals surface area (Å²) in [5.41, 5.74) is 8.97. The van der Waals surface area contributed by atoms with Crippen molar-refractivity contribution in [3.05, 3.63) is 74.1 Å². The van der Waals surface area contributed by atoms with E-state index in [-0.39, 0.29) is 48.1 Å². The number of aromatic nitrogens is 2. The monoisotopic (exact) mass is 506 g/mol. The fraction of sp³-hybridized carbons (Fsp3) is 0.393. The van der Waals surface area contributed by atoms with E-state index < -0.39 is 11.6 Å². The van der Waals surface area contributed by atoms with Crippen LogP contribution in [0.3, 0.4) is 0 Å². The van der Waals surface area contributed by atoms with Crippen LogP contribution < -0.4 is 16.6 Å². The second-order valence-corrected chi connectivity index (χ2v) is 9.57. The van der Waals surface area contributed by atoms with E-state index in [1.54, 1.807) is 24.5 Å². The minimum Gasteiger partial charge on any atom is -0.458 e. The van der Waals surface area contributed by atoms with Gasteiger partial charge in [-0.3, -0.25) is 4.79 Å². The van der Waals surface area contributed by atoms with Crippen molar-refractivity contribution in [2.75, 3.05) is 0 Å². The van der Waals surface area contributed by atoms with Gasteiger partial charge in [-0.2, -0.15) is 0 Å². The first-order valence-corrected chi connectivity index (χ1v) is 12.7. The number of rotatable bonds is 3. The first kappa shape index (κ1) is 25.0. The molecular formula is C28H31FN4O4. The number of nitrogens with two attached hydrogens (primary N) is 1. The van der Waals surface area contributed by atoms with E-state index in [0.29, 0.717) is 41.1 Å². The molecule has 0 saturated heterocycles. The van der Waals surface area contributed by atoms with Gasteiger partial charge in [0.1, 0.15) is 12.4 Å². The Morgan fingerprint density at radius 3 is 2.73 bits per heavy atom. The highest BCUT2D eigenvalue weighted by Gasteiger charge is 2.45. The number of nitrogens with one attached hydrogen (secondary N) is 1. The Morgan fingerprint density at radius 2 is 2.05 bits per heavy atom. The molecule has 2 atom stereocenters. The highest BCUT2D eigenvalue weighted by molar-refractivity contribution is 5.93. The Hall–Kier alpha value is -3.72. The predicted octanol–water partition coefficient (Wildman–Crippen LogP) is 3.56. The maximum atomic E-state index is 14.9. The average Bonchev–Trinajstić information content (AvgIpc) is 3.25. The van der Waals surface area contributed by atoms with Crippen molar-refractivity contribution in [2.45, 2.75) is 71.8 Å². The van der Waals surface area contributed by atoms with Gasteiger partial charge in [-0.05, 0) is 48.9 Å². The van der Waals surface area contributed by atoms with Gasteiger partial charge in [-0.15, -0.1) is 0 Å². The summed E-state index contributed by atoms with van der Waals surface area (Å²) in [4.78, 5) is 30.8. The number of cyclic esters (lactones) is 1. The van der Waals surface area contributed by atoms with Gasteiger partial charge in [0, 0.05) is 22.6 Å². The molecule has 0 radical (unpaired) electrons. The average molecular weight is 507 g/mol. The number of carbonyl (C=O) groups is 1. The van der Waals surface area contributed by atoms with E-state index >= 15 is 0 Å². The summed E-state index contributed by atoms with van der Waals surface area (Å²) in [6, 6.07) is 2.91. The molecule has 0 amide bonds. The summed E-state index contributed by atoms with van der Waals surface area (Å²) in [6.07, 6.45) is 1.39. The zero-order valence-electron chi connectivity index (χ0n) is 21.5. The normalized spacial score (nSPS) is 20.8. The van der Waals surface area contributed by atoms with Gasteiger partial charge < -0.3 is 25.5 Å². The number of hydrogen-bond acceptors (Lipinski definition) is 7. The maximum absolute atomic E-state index is 14.9. The lowest BCUT2D eigenvalue weighted by atomic mass is 9.81. The number of hydrogen-bond donors (Lipinski definition) is 3. The van der Waals surface area contributed by atoms with Crippen molar-refractivity contribution in [3.8, 4) is 11.4 Å². The Kier molecular flexibility index (Phi) is 5.86. The number of carbonyl (C=O) groups excluding carboxylic acids is 1. The topological polar surface area (TPSA) is 119 Å². The minimum absolute atomic E-state index is 0.0590. The quantitative estimate of drug-likeness (QED) is 0.364. The molecule has 8 nitrogen and oxygen atoms in total. The number of pyridine rings is 2. The van der Waals surface area contributed by atoms with Crippen molar-refractivity contribution < 1.29 is 19.0 Å². The van der Waals surface area contributed by atoms with Crippen LogP contribution in [0.25, 0.3) is 22.3 Å². The Bertz CT molecular complexity index is 1560. The molecule has 6 rings (SSSR count). The van der Waals surface area contributed by atoms with Crippen LogP contribution in [0.5, 0.6) is 0 Å². The molecular weight excluding hydrogens is 475 g/mol. The molecule has 0 saturated carbocycles. The summed E-state index contributed by atoms with van der Waals surface area (Å²) < 4.78 is 21.6. The van der Waals surface area contributed by atoms with Gasteiger partial charge in [-0.1, -0.05) is 27.4 Å². The third-order valence-corrected chi connectivity index (χ3v) is 7.74. The molecule has 2 unspecified atom stereocenters. The lowest BCUT2D eigenvalue weighted by Crippen LogP contribution is -2.44. The van der Waals surface area contributed by atoms with Crippen LogP contribution in [0.1, 0.15) is 73.0 Å². The first-order chi connectivity index (χ1) is 17.7. The first-order valence-electron chi connectivity index (χ1n) is 12.7. The molecule has 4 heterocycles. The van der Waals surface area contributed by atoms with Gasteiger partial charge in [0.05, 0.1) is 40.9 Å². The van der Waals surface area contributed by atoms with E-state index in [2.05, 4.69) is 11.9 Å². The van der Waals surface area contributed by atoms with Crippen molar-refractivity contribution in [1.29, 1.82) is 0 Å². The van der Waals surface area contributed by atoms with Crippen molar-refractivity contribution in [2.24, 2.45) is 5.73 Å². The number of aliphatic hydroxyl groups is 1. The van der Waals surface area contributed by atoms with E-state index in [1.807, 2.05) is 13.8 Å². The maximum Gasteiger partial charge on any atom is 0.343 e. The number of fused-ring (bicyclic) bond motifs is 5. The molecule has 1 aliphatic carbocycles. The smallest absolute Gasteiger partial charge is 0.343 e. The van der Waals surface area contributed by atoms with Gasteiger partial charge in [0.2, 0.25) is 0 Å². The van der Waals surface area contributed by atoms with Crippen molar-refractivity contribution >= 4 is 16.9 Å². The third-order valence-electron chi connectivity index (χ3n) is 7.74. The molecule has 0 fully saturated rings. The largest absolute Gasteiger partial charge is 0.458 e.